The lowest BCUT2D eigenvalue weighted by atomic mass is 9.91. The van der Waals surface area contributed by atoms with Gasteiger partial charge in [0.25, 0.3) is 0 Å². The molecule has 0 saturated carbocycles. The van der Waals surface area contributed by atoms with E-state index in [0.29, 0.717) is 18.4 Å². The van der Waals surface area contributed by atoms with Crippen LogP contribution in [0.2, 0.25) is 0 Å². The molecule has 0 aromatic rings. The average Bonchev–Trinajstić information content (AvgIpc) is 2.00. The lowest BCUT2D eigenvalue weighted by Gasteiger charge is -2.16. The molecule has 0 spiro atoms. The summed E-state index contributed by atoms with van der Waals surface area (Å²) in [6, 6.07) is 0. The highest BCUT2D eigenvalue weighted by Crippen LogP contribution is 2.27. The van der Waals surface area contributed by atoms with Gasteiger partial charge in [-0.3, -0.25) is 4.79 Å². The number of aliphatic hydroxyl groups is 1. The summed E-state index contributed by atoms with van der Waals surface area (Å²) in [7, 11) is 0. The van der Waals surface area contributed by atoms with E-state index < -0.39 is 0 Å². The van der Waals surface area contributed by atoms with E-state index in [1.165, 1.54) is 0 Å². The van der Waals surface area contributed by atoms with Crippen molar-refractivity contribution in [3.8, 4) is 0 Å². The third-order valence-corrected chi connectivity index (χ3v) is 2.26. The fourth-order valence-corrected chi connectivity index (χ4v) is 1.39. The van der Waals surface area contributed by atoms with Crippen LogP contribution in [0.3, 0.4) is 0 Å². The van der Waals surface area contributed by atoms with Crippen molar-refractivity contribution in [2.24, 2.45) is 0 Å². The smallest absolute Gasteiger partial charge is 0.162 e. The molecule has 0 atom stereocenters. The molecule has 0 radical (unpaired) electrons. The molecule has 1 rings (SSSR count). The van der Waals surface area contributed by atoms with Crippen LogP contribution in [-0.4, -0.2) is 10.9 Å². The number of allylic oxidation sites excluding steroid dienone is 3. The molecule has 66 valence electrons. The average molecular weight is 166 g/mol. The molecule has 1 N–H and O–H groups in total. The van der Waals surface area contributed by atoms with Crippen molar-refractivity contribution in [3.63, 3.8) is 0 Å². The Labute approximate surface area is 72.6 Å². The normalized spacial score (nSPS) is 18.6. The fourth-order valence-electron chi connectivity index (χ4n) is 1.39. The third kappa shape index (κ3) is 1.42. The van der Waals surface area contributed by atoms with Crippen molar-refractivity contribution in [1.82, 2.24) is 0 Å². The molecule has 2 heteroatoms. The molecule has 0 aromatic carbocycles. The Morgan fingerprint density at radius 1 is 1.33 bits per heavy atom. The van der Waals surface area contributed by atoms with E-state index in [4.69, 9.17) is 0 Å². The minimum atomic E-state index is 0.0671. The highest BCUT2D eigenvalue weighted by Gasteiger charge is 2.20. The summed E-state index contributed by atoms with van der Waals surface area (Å²) < 4.78 is 0. The number of ketones is 1. The van der Waals surface area contributed by atoms with Crippen molar-refractivity contribution in [1.29, 1.82) is 0 Å². The predicted molar refractivity (Wildman–Crippen MR) is 47.9 cm³/mol. The fraction of sp³-hybridized carbons (Fsp3) is 0.500. The van der Waals surface area contributed by atoms with Crippen molar-refractivity contribution in [3.05, 3.63) is 22.5 Å². The van der Waals surface area contributed by atoms with Gasteiger partial charge in [-0.1, -0.05) is 5.57 Å². The first-order chi connectivity index (χ1) is 5.54. The molecule has 0 bridgehead atoms. The lowest BCUT2D eigenvalue weighted by molar-refractivity contribution is -0.116. The molecule has 0 aromatic heterocycles. The summed E-state index contributed by atoms with van der Waals surface area (Å²) in [6.45, 7) is 5.59. The molecular formula is C10H14O2. The lowest BCUT2D eigenvalue weighted by Crippen LogP contribution is -2.12. The summed E-state index contributed by atoms with van der Waals surface area (Å²) in [5.74, 6) is 0.267. The molecule has 0 amide bonds. The summed E-state index contributed by atoms with van der Waals surface area (Å²) >= 11 is 0. The summed E-state index contributed by atoms with van der Waals surface area (Å²) in [6.07, 6.45) is 1.22. The van der Waals surface area contributed by atoms with Crippen LogP contribution in [0.4, 0.5) is 0 Å². The zero-order valence-corrected chi connectivity index (χ0v) is 7.77. The van der Waals surface area contributed by atoms with Crippen LogP contribution >= 0.6 is 0 Å². The van der Waals surface area contributed by atoms with Crippen LogP contribution < -0.4 is 0 Å². The maximum absolute atomic E-state index is 11.1. The van der Waals surface area contributed by atoms with Crippen LogP contribution in [0, 0.1) is 0 Å². The van der Waals surface area contributed by atoms with Gasteiger partial charge < -0.3 is 5.11 Å². The first-order valence-electron chi connectivity index (χ1n) is 4.13. The van der Waals surface area contributed by atoms with Gasteiger partial charge in [0, 0.05) is 12.0 Å². The number of carbonyl (C=O) groups is 1. The van der Waals surface area contributed by atoms with Crippen LogP contribution in [0.25, 0.3) is 0 Å². The highest BCUT2D eigenvalue weighted by molar-refractivity contribution is 5.97. The number of aliphatic hydroxyl groups excluding tert-OH is 1. The Bertz CT molecular complexity index is 278. The van der Waals surface area contributed by atoms with Gasteiger partial charge in [0.15, 0.2) is 5.78 Å². The van der Waals surface area contributed by atoms with Gasteiger partial charge in [-0.05, 0) is 32.8 Å². The van der Waals surface area contributed by atoms with E-state index in [2.05, 4.69) is 0 Å². The van der Waals surface area contributed by atoms with E-state index in [-0.39, 0.29) is 11.5 Å². The second-order valence-corrected chi connectivity index (χ2v) is 3.38. The van der Waals surface area contributed by atoms with Crippen molar-refractivity contribution >= 4 is 5.78 Å². The monoisotopic (exact) mass is 166 g/mol. The van der Waals surface area contributed by atoms with Crippen molar-refractivity contribution < 1.29 is 9.90 Å². The number of Topliss-reactive ketones (excluding diaryl/α,β-unsaturated/α-hetero) is 1. The molecule has 0 aliphatic heterocycles. The SMILES string of the molecule is CC(C)=C1CCC(=O)C(C)=C1O. The second kappa shape index (κ2) is 3.13. The molecule has 0 heterocycles. The quantitative estimate of drug-likeness (QED) is 0.600. The first kappa shape index (κ1) is 9.04. The van der Waals surface area contributed by atoms with Gasteiger partial charge in [0.1, 0.15) is 5.76 Å². The van der Waals surface area contributed by atoms with Gasteiger partial charge in [-0.2, -0.15) is 0 Å². The van der Waals surface area contributed by atoms with Gasteiger partial charge in [0.2, 0.25) is 0 Å². The topological polar surface area (TPSA) is 37.3 Å². The van der Waals surface area contributed by atoms with Gasteiger partial charge >= 0.3 is 0 Å². The summed E-state index contributed by atoms with van der Waals surface area (Å²) in [5, 5.41) is 9.58. The number of hydrogen-bond acceptors (Lipinski definition) is 2. The maximum atomic E-state index is 11.1. The maximum Gasteiger partial charge on any atom is 0.162 e. The van der Waals surface area contributed by atoms with E-state index in [1.807, 2.05) is 13.8 Å². The highest BCUT2D eigenvalue weighted by atomic mass is 16.3. The Morgan fingerprint density at radius 2 is 1.92 bits per heavy atom. The Kier molecular flexibility index (Phi) is 2.36. The van der Waals surface area contributed by atoms with Crippen LogP contribution in [0.5, 0.6) is 0 Å². The van der Waals surface area contributed by atoms with Crippen molar-refractivity contribution in [2.75, 3.05) is 0 Å². The Hall–Kier alpha value is -1.05. The summed E-state index contributed by atoms with van der Waals surface area (Å²) in [4.78, 5) is 11.1. The first-order valence-corrected chi connectivity index (χ1v) is 4.13. The second-order valence-electron chi connectivity index (χ2n) is 3.38. The number of rotatable bonds is 0. The minimum Gasteiger partial charge on any atom is -0.507 e. The molecule has 0 fully saturated rings. The summed E-state index contributed by atoms with van der Waals surface area (Å²) in [5.41, 5.74) is 2.55. The van der Waals surface area contributed by atoms with Gasteiger partial charge in [-0.25, -0.2) is 0 Å². The van der Waals surface area contributed by atoms with E-state index in [9.17, 15) is 9.90 Å². The number of carbonyl (C=O) groups excluding carboxylic acids is 1. The molecule has 0 saturated heterocycles. The number of hydrogen-bond donors (Lipinski definition) is 1. The minimum absolute atomic E-state index is 0.0671. The zero-order chi connectivity index (χ0) is 9.30. The largest absolute Gasteiger partial charge is 0.507 e. The Morgan fingerprint density at radius 3 is 2.42 bits per heavy atom. The molecule has 2 nitrogen and oxygen atoms in total. The van der Waals surface area contributed by atoms with Crippen LogP contribution in [-0.2, 0) is 4.79 Å². The molecule has 12 heavy (non-hydrogen) atoms. The molecular weight excluding hydrogens is 152 g/mol. The third-order valence-electron chi connectivity index (χ3n) is 2.26. The molecule has 0 unspecified atom stereocenters. The predicted octanol–water partition coefficient (Wildman–Crippen LogP) is 2.52. The van der Waals surface area contributed by atoms with E-state index >= 15 is 0 Å². The van der Waals surface area contributed by atoms with Crippen LogP contribution in [0.1, 0.15) is 33.6 Å². The van der Waals surface area contributed by atoms with E-state index in [1.54, 1.807) is 6.92 Å². The van der Waals surface area contributed by atoms with Crippen molar-refractivity contribution in [2.45, 2.75) is 33.6 Å². The van der Waals surface area contributed by atoms with Gasteiger partial charge in [-0.15, -0.1) is 0 Å². The van der Waals surface area contributed by atoms with Gasteiger partial charge in [0.05, 0.1) is 0 Å². The molecule has 1 aliphatic rings. The standard InChI is InChI=1S/C10H14O2/c1-6(2)8-4-5-9(11)7(3)10(8)12/h12H,4-5H2,1-3H3. The van der Waals surface area contributed by atoms with Crippen LogP contribution in [0.15, 0.2) is 22.5 Å². The molecule has 1 aliphatic carbocycles. The Balaban J connectivity index is 3.16. The van der Waals surface area contributed by atoms with E-state index in [0.717, 1.165) is 11.1 Å². The zero-order valence-electron chi connectivity index (χ0n) is 7.77.